The maximum Gasteiger partial charge on any atom is 0.269 e. The zero-order valence-electron chi connectivity index (χ0n) is 11.4. The molecule has 23 heavy (non-hydrogen) atoms. The lowest BCUT2D eigenvalue weighted by molar-refractivity contribution is -0.384. The summed E-state index contributed by atoms with van der Waals surface area (Å²) >= 11 is 17.6. The van der Waals surface area contributed by atoms with Crippen molar-refractivity contribution in [3.8, 4) is 0 Å². The molecule has 5 nitrogen and oxygen atoms in total. The lowest BCUT2D eigenvalue weighted by Crippen LogP contribution is -2.08. The maximum absolute atomic E-state index is 11.9. The molecule has 0 aromatic heterocycles. The third-order valence-corrected chi connectivity index (χ3v) is 3.83. The lowest BCUT2D eigenvalue weighted by Gasteiger charge is -2.06. The number of anilines is 1. The van der Waals surface area contributed by atoms with Gasteiger partial charge < -0.3 is 5.32 Å². The van der Waals surface area contributed by atoms with Gasteiger partial charge in [-0.3, -0.25) is 14.9 Å². The second kappa shape index (κ2) is 7.46. The van der Waals surface area contributed by atoms with Crippen molar-refractivity contribution in [2.45, 2.75) is 0 Å². The van der Waals surface area contributed by atoms with Gasteiger partial charge in [0.1, 0.15) is 0 Å². The van der Waals surface area contributed by atoms with E-state index in [-0.39, 0.29) is 20.8 Å². The number of rotatable bonds is 4. The molecule has 0 bridgehead atoms. The molecule has 118 valence electrons. The van der Waals surface area contributed by atoms with Gasteiger partial charge in [0.15, 0.2) is 0 Å². The summed E-state index contributed by atoms with van der Waals surface area (Å²) in [5.41, 5.74) is 0.958. The van der Waals surface area contributed by atoms with E-state index >= 15 is 0 Å². The highest BCUT2D eigenvalue weighted by molar-refractivity contribution is 6.44. The molecule has 0 spiro atoms. The van der Waals surface area contributed by atoms with E-state index in [1.54, 1.807) is 0 Å². The number of hydrogen-bond acceptors (Lipinski definition) is 3. The molecule has 0 heterocycles. The number of nitro benzene ring substituents is 1. The van der Waals surface area contributed by atoms with Crippen LogP contribution in [0.1, 0.15) is 5.56 Å². The molecule has 2 rings (SSSR count). The Morgan fingerprint density at radius 1 is 1.04 bits per heavy atom. The molecule has 0 saturated heterocycles. The number of benzene rings is 2. The molecule has 0 unspecified atom stereocenters. The van der Waals surface area contributed by atoms with E-state index in [2.05, 4.69) is 5.32 Å². The Kier molecular flexibility index (Phi) is 5.60. The zero-order chi connectivity index (χ0) is 17.0. The molecule has 1 N–H and O–H groups in total. The molecule has 0 saturated carbocycles. The zero-order valence-corrected chi connectivity index (χ0v) is 13.7. The number of carbonyl (C=O) groups excluding carboxylic acids is 1. The van der Waals surface area contributed by atoms with E-state index < -0.39 is 10.8 Å². The van der Waals surface area contributed by atoms with E-state index in [1.165, 1.54) is 48.6 Å². The molecular weight excluding hydrogens is 363 g/mol. The van der Waals surface area contributed by atoms with Crippen LogP contribution in [0.25, 0.3) is 6.08 Å². The number of hydrogen-bond donors (Lipinski definition) is 1. The van der Waals surface area contributed by atoms with Gasteiger partial charge in [0, 0.05) is 18.2 Å². The molecule has 2 aromatic carbocycles. The molecule has 1 amide bonds. The van der Waals surface area contributed by atoms with Gasteiger partial charge in [-0.15, -0.1) is 0 Å². The fraction of sp³-hybridized carbons (Fsp3) is 0. The molecule has 0 fully saturated rings. The van der Waals surface area contributed by atoms with Crippen LogP contribution in [0.4, 0.5) is 11.4 Å². The van der Waals surface area contributed by atoms with E-state index in [1.807, 2.05) is 0 Å². The molecule has 0 aliphatic heterocycles. The van der Waals surface area contributed by atoms with Crippen LogP contribution in [0.5, 0.6) is 0 Å². The first-order valence-corrected chi connectivity index (χ1v) is 7.38. The minimum Gasteiger partial charge on any atom is -0.321 e. The normalized spacial score (nSPS) is 10.7. The van der Waals surface area contributed by atoms with Gasteiger partial charge in [0.05, 0.1) is 25.7 Å². The van der Waals surface area contributed by atoms with Crippen LogP contribution in [-0.4, -0.2) is 10.8 Å². The quantitative estimate of drug-likeness (QED) is 0.347. The van der Waals surface area contributed by atoms with Crippen LogP contribution >= 0.6 is 34.8 Å². The van der Waals surface area contributed by atoms with Gasteiger partial charge in [0.2, 0.25) is 5.91 Å². The Morgan fingerprint density at radius 2 is 1.65 bits per heavy atom. The Labute approximate surface area is 146 Å². The van der Waals surface area contributed by atoms with Crippen molar-refractivity contribution in [3.05, 3.63) is 73.2 Å². The summed E-state index contributed by atoms with van der Waals surface area (Å²) < 4.78 is 0. The van der Waals surface area contributed by atoms with Crippen molar-refractivity contribution in [1.82, 2.24) is 0 Å². The minimum atomic E-state index is -0.494. The number of carbonyl (C=O) groups is 1. The van der Waals surface area contributed by atoms with Crippen LogP contribution in [0.15, 0.2) is 42.5 Å². The molecule has 0 aliphatic rings. The summed E-state index contributed by atoms with van der Waals surface area (Å²) in [4.78, 5) is 21.9. The summed E-state index contributed by atoms with van der Waals surface area (Å²) in [5.74, 6) is -0.427. The largest absolute Gasteiger partial charge is 0.321 e. The number of non-ortho nitro benzene ring substituents is 1. The predicted molar refractivity (Wildman–Crippen MR) is 92.2 cm³/mol. The van der Waals surface area contributed by atoms with E-state index in [9.17, 15) is 14.9 Å². The van der Waals surface area contributed by atoms with Crippen molar-refractivity contribution in [3.63, 3.8) is 0 Å². The third kappa shape index (κ3) is 4.69. The van der Waals surface area contributed by atoms with E-state index in [4.69, 9.17) is 34.8 Å². The molecule has 0 radical (unpaired) electrons. The fourth-order valence-corrected chi connectivity index (χ4v) is 2.27. The summed E-state index contributed by atoms with van der Waals surface area (Å²) in [6.07, 6.45) is 2.80. The fourth-order valence-electron chi connectivity index (χ4n) is 1.67. The van der Waals surface area contributed by atoms with Crippen LogP contribution in [-0.2, 0) is 4.79 Å². The van der Waals surface area contributed by atoms with Gasteiger partial charge in [-0.1, -0.05) is 34.8 Å². The average molecular weight is 372 g/mol. The Hall–Kier alpha value is -2.08. The minimum absolute atomic E-state index is 0.0193. The maximum atomic E-state index is 11.9. The third-order valence-electron chi connectivity index (χ3n) is 2.80. The van der Waals surface area contributed by atoms with Gasteiger partial charge >= 0.3 is 0 Å². The van der Waals surface area contributed by atoms with Crippen molar-refractivity contribution in [2.75, 3.05) is 5.32 Å². The SMILES string of the molecule is O=C(/C=C/c1ccc([N+](=O)[O-])cc1)Nc1cc(Cl)c(Cl)cc1Cl. The van der Waals surface area contributed by atoms with Gasteiger partial charge in [0.25, 0.3) is 5.69 Å². The Balaban J connectivity index is 2.07. The first-order valence-electron chi connectivity index (χ1n) is 6.25. The summed E-state index contributed by atoms with van der Waals surface area (Å²) in [7, 11) is 0. The topological polar surface area (TPSA) is 72.2 Å². The van der Waals surface area contributed by atoms with Crippen molar-refractivity contribution >= 4 is 58.2 Å². The van der Waals surface area contributed by atoms with Gasteiger partial charge in [-0.05, 0) is 35.9 Å². The molecule has 0 atom stereocenters. The van der Waals surface area contributed by atoms with Crippen LogP contribution < -0.4 is 5.32 Å². The molecule has 8 heteroatoms. The second-order valence-corrected chi connectivity index (χ2v) is 5.64. The van der Waals surface area contributed by atoms with Crippen molar-refractivity contribution < 1.29 is 9.72 Å². The number of nitro groups is 1. The lowest BCUT2D eigenvalue weighted by atomic mass is 10.2. The smallest absolute Gasteiger partial charge is 0.269 e. The van der Waals surface area contributed by atoms with Crippen LogP contribution in [0, 0.1) is 10.1 Å². The highest BCUT2D eigenvalue weighted by Gasteiger charge is 2.08. The Morgan fingerprint density at radius 3 is 2.26 bits per heavy atom. The highest BCUT2D eigenvalue weighted by Crippen LogP contribution is 2.32. The van der Waals surface area contributed by atoms with E-state index in [0.717, 1.165) is 0 Å². The predicted octanol–water partition coefficient (Wildman–Crippen LogP) is 5.21. The summed E-state index contributed by atoms with van der Waals surface area (Å²) in [6, 6.07) is 8.66. The average Bonchev–Trinajstić information content (AvgIpc) is 2.51. The first-order chi connectivity index (χ1) is 10.9. The van der Waals surface area contributed by atoms with Crippen molar-refractivity contribution in [2.24, 2.45) is 0 Å². The second-order valence-electron chi connectivity index (χ2n) is 4.42. The van der Waals surface area contributed by atoms with Crippen LogP contribution in [0.2, 0.25) is 15.1 Å². The van der Waals surface area contributed by atoms with E-state index in [0.29, 0.717) is 11.3 Å². The standard InChI is InChI=1S/C15H9Cl3N2O3/c16-11-7-13(18)14(8-12(11)17)19-15(21)6-3-9-1-4-10(5-2-9)20(22)23/h1-8H,(H,19,21)/b6-3+. The van der Waals surface area contributed by atoms with Gasteiger partial charge in [-0.2, -0.15) is 0 Å². The number of nitrogens with one attached hydrogen (secondary N) is 1. The van der Waals surface area contributed by atoms with Crippen LogP contribution in [0.3, 0.4) is 0 Å². The highest BCUT2D eigenvalue weighted by atomic mass is 35.5. The summed E-state index contributed by atoms with van der Waals surface area (Å²) in [5, 5.41) is 13.9. The molecule has 0 aliphatic carbocycles. The number of halogens is 3. The number of nitrogens with zero attached hydrogens (tertiary/aromatic N) is 1. The first kappa shape index (κ1) is 17.3. The Bertz CT molecular complexity index is 789. The molecule has 2 aromatic rings. The summed E-state index contributed by atoms with van der Waals surface area (Å²) in [6.45, 7) is 0. The molecular formula is C15H9Cl3N2O3. The van der Waals surface area contributed by atoms with Crippen molar-refractivity contribution in [1.29, 1.82) is 0 Å². The number of amides is 1. The van der Waals surface area contributed by atoms with Gasteiger partial charge in [-0.25, -0.2) is 0 Å². The monoisotopic (exact) mass is 370 g/mol.